The minimum absolute atomic E-state index is 0.299. The van der Waals surface area contributed by atoms with Crippen LogP contribution in [-0.2, 0) is 0 Å². The van der Waals surface area contributed by atoms with Gasteiger partial charge < -0.3 is 10.0 Å². The van der Waals surface area contributed by atoms with E-state index in [2.05, 4.69) is 36.1 Å². The van der Waals surface area contributed by atoms with Gasteiger partial charge in [0.1, 0.15) is 0 Å². The lowest BCUT2D eigenvalue weighted by Gasteiger charge is -2.38. The minimum Gasteiger partial charge on any atom is -0.396 e. The maximum absolute atomic E-state index is 9.13. The average molecular weight is 219 g/mol. The van der Waals surface area contributed by atoms with E-state index >= 15 is 0 Å². The summed E-state index contributed by atoms with van der Waals surface area (Å²) in [5.74, 6) is 0. The molecule has 1 aromatic rings. The van der Waals surface area contributed by atoms with Gasteiger partial charge in [0.05, 0.1) is 0 Å². The van der Waals surface area contributed by atoms with Crippen LogP contribution in [0.1, 0.15) is 31.2 Å². The molecule has 16 heavy (non-hydrogen) atoms. The van der Waals surface area contributed by atoms with Crippen LogP contribution < -0.4 is 4.90 Å². The van der Waals surface area contributed by atoms with E-state index in [1.54, 1.807) is 0 Å². The van der Waals surface area contributed by atoms with E-state index in [0.29, 0.717) is 12.6 Å². The van der Waals surface area contributed by atoms with Crippen LogP contribution in [0.15, 0.2) is 24.3 Å². The van der Waals surface area contributed by atoms with Crippen molar-refractivity contribution in [1.82, 2.24) is 0 Å². The van der Waals surface area contributed by atoms with Gasteiger partial charge in [-0.1, -0.05) is 18.2 Å². The Kier molecular flexibility index (Phi) is 3.83. The monoisotopic (exact) mass is 219 g/mol. The van der Waals surface area contributed by atoms with Crippen molar-refractivity contribution in [3.8, 4) is 0 Å². The highest BCUT2D eigenvalue weighted by Gasteiger charge is 2.22. The number of anilines is 1. The number of nitrogens with zero attached hydrogens (tertiary/aromatic N) is 1. The fourth-order valence-corrected chi connectivity index (χ4v) is 2.65. The highest BCUT2D eigenvalue weighted by Crippen LogP contribution is 2.28. The largest absolute Gasteiger partial charge is 0.396 e. The van der Waals surface area contributed by atoms with Gasteiger partial charge in [0.2, 0.25) is 0 Å². The standard InChI is InChI=1S/C14H21NO/c1-12-6-2-3-8-14(12)15-10-5-4-7-13(15)9-11-16/h2-3,6,8,13,16H,4-5,7,9-11H2,1H3. The van der Waals surface area contributed by atoms with Crippen molar-refractivity contribution in [3.05, 3.63) is 29.8 Å². The van der Waals surface area contributed by atoms with Crippen LogP contribution in [0.5, 0.6) is 0 Å². The molecule has 0 radical (unpaired) electrons. The number of aliphatic hydroxyl groups excluding tert-OH is 1. The lowest BCUT2D eigenvalue weighted by atomic mass is 9.98. The number of benzene rings is 1. The van der Waals surface area contributed by atoms with E-state index in [-0.39, 0.29) is 0 Å². The zero-order chi connectivity index (χ0) is 11.4. The SMILES string of the molecule is Cc1ccccc1N1CCCCC1CCO. The van der Waals surface area contributed by atoms with E-state index < -0.39 is 0 Å². The van der Waals surface area contributed by atoms with Crippen molar-refractivity contribution < 1.29 is 5.11 Å². The highest BCUT2D eigenvalue weighted by atomic mass is 16.3. The van der Waals surface area contributed by atoms with Crippen molar-refractivity contribution in [2.24, 2.45) is 0 Å². The first-order chi connectivity index (χ1) is 7.83. The van der Waals surface area contributed by atoms with Crippen LogP contribution in [0, 0.1) is 6.92 Å². The summed E-state index contributed by atoms with van der Waals surface area (Å²) in [5.41, 5.74) is 2.69. The molecule has 0 amide bonds. The van der Waals surface area contributed by atoms with E-state index in [1.165, 1.54) is 30.5 Å². The molecular weight excluding hydrogens is 198 g/mol. The zero-order valence-electron chi connectivity index (χ0n) is 10.0. The van der Waals surface area contributed by atoms with Crippen molar-refractivity contribution in [1.29, 1.82) is 0 Å². The summed E-state index contributed by atoms with van der Waals surface area (Å²) in [5, 5.41) is 9.13. The van der Waals surface area contributed by atoms with Crippen LogP contribution in [0.3, 0.4) is 0 Å². The molecule has 0 spiro atoms. The van der Waals surface area contributed by atoms with Crippen molar-refractivity contribution in [3.63, 3.8) is 0 Å². The topological polar surface area (TPSA) is 23.5 Å². The second kappa shape index (κ2) is 5.35. The Morgan fingerprint density at radius 3 is 2.88 bits per heavy atom. The van der Waals surface area contributed by atoms with E-state index in [1.807, 2.05) is 0 Å². The first-order valence-corrected chi connectivity index (χ1v) is 6.26. The molecule has 0 bridgehead atoms. The molecule has 0 aromatic heterocycles. The van der Waals surface area contributed by atoms with E-state index in [0.717, 1.165) is 13.0 Å². The Morgan fingerprint density at radius 2 is 2.12 bits per heavy atom. The van der Waals surface area contributed by atoms with Crippen LogP contribution in [0.4, 0.5) is 5.69 Å². The predicted molar refractivity (Wildman–Crippen MR) is 67.9 cm³/mol. The molecule has 88 valence electrons. The first-order valence-electron chi connectivity index (χ1n) is 6.26. The van der Waals surface area contributed by atoms with Gasteiger partial charge in [0, 0.05) is 24.9 Å². The highest BCUT2D eigenvalue weighted by molar-refractivity contribution is 5.54. The summed E-state index contributed by atoms with van der Waals surface area (Å²) in [4.78, 5) is 2.48. The Balaban J connectivity index is 2.19. The maximum atomic E-state index is 9.13. The van der Waals surface area contributed by atoms with Gasteiger partial charge in [-0.15, -0.1) is 0 Å². The zero-order valence-corrected chi connectivity index (χ0v) is 10.0. The number of aliphatic hydroxyl groups is 1. The third kappa shape index (κ3) is 2.38. The molecule has 1 saturated heterocycles. The molecule has 1 atom stereocenters. The molecule has 2 heteroatoms. The molecular formula is C14H21NO. The van der Waals surface area contributed by atoms with Crippen molar-refractivity contribution >= 4 is 5.69 Å². The van der Waals surface area contributed by atoms with Gasteiger partial charge in [-0.05, 0) is 44.2 Å². The van der Waals surface area contributed by atoms with Gasteiger partial charge in [-0.25, -0.2) is 0 Å². The van der Waals surface area contributed by atoms with Gasteiger partial charge in [-0.2, -0.15) is 0 Å². The molecule has 0 aliphatic carbocycles. The molecule has 2 rings (SSSR count). The molecule has 1 N–H and O–H groups in total. The van der Waals surface area contributed by atoms with E-state index in [9.17, 15) is 0 Å². The van der Waals surface area contributed by atoms with Crippen LogP contribution >= 0.6 is 0 Å². The summed E-state index contributed by atoms with van der Waals surface area (Å²) in [6, 6.07) is 9.08. The molecule has 2 nitrogen and oxygen atoms in total. The smallest absolute Gasteiger partial charge is 0.0450 e. The Bertz CT molecular complexity index is 335. The Hall–Kier alpha value is -1.02. The van der Waals surface area contributed by atoms with Gasteiger partial charge in [0.15, 0.2) is 0 Å². The Morgan fingerprint density at radius 1 is 1.31 bits per heavy atom. The molecule has 0 saturated carbocycles. The third-order valence-electron chi connectivity index (χ3n) is 3.51. The number of hydrogen-bond donors (Lipinski definition) is 1. The Labute approximate surface area is 97.9 Å². The summed E-state index contributed by atoms with van der Waals surface area (Å²) >= 11 is 0. The summed E-state index contributed by atoms with van der Waals surface area (Å²) < 4.78 is 0. The fraction of sp³-hybridized carbons (Fsp3) is 0.571. The minimum atomic E-state index is 0.299. The van der Waals surface area contributed by atoms with Crippen molar-refractivity contribution in [2.45, 2.75) is 38.6 Å². The van der Waals surface area contributed by atoms with Crippen LogP contribution in [0.2, 0.25) is 0 Å². The lowest BCUT2D eigenvalue weighted by molar-refractivity contribution is 0.262. The fourth-order valence-electron chi connectivity index (χ4n) is 2.65. The predicted octanol–water partition coefficient (Wildman–Crippen LogP) is 2.74. The summed E-state index contributed by atoms with van der Waals surface area (Å²) in [6.07, 6.45) is 4.69. The molecule has 1 aromatic carbocycles. The number of rotatable bonds is 3. The molecule has 1 heterocycles. The second-order valence-corrected chi connectivity index (χ2v) is 4.64. The van der Waals surface area contributed by atoms with E-state index in [4.69, 9.17) is 5.11 Å². The number of para-hydroxylation sites is 1. The summed E-state index contributed by atoms with van der Waals surface area (Å²) in [7, 11) is 0. The number of hydrogen-bond acceptors (Lipinski definition) is 2. The third-order valence-corrected chi connectivity index (χ3v) is 3.51. The maximum Gasteiger partial charge on any atom is 0.0450 e. The average Bonchev–Trinajstić information content (AvgIpc) is 2.31. The summed E-state index contributed by atoms with van der Waals surface area (Å²) in [6.45, 7) is 3.60. The number of aryl methyl sites for hydroxylation is 1. The molecule has 1 aliphatic rings. The van der Waals surface area contributed by atoms with Gasteiger partial charge in [-0.3, -0.25) is 0 Å². The van der Waals surface area contributed by atoms with Gasteiger partial charge >= 0.3 is 0 Å². The second-order valence-electron chi connectivity index (χ2n) is 4.64. The quantitative estimate of drug-likeness (QED) is 0.845. The number of piperidine rings is 1. The van der Waals surface area contributed by atoms with Crippen LogP contribution in [-0.4, -0.2) is 24.3 Å². The molecule has 1 unspecified atom stereocenters. The van der Waals surface area contributed by atoms with Crippen molar-refractivity contribution in [2.75, 3.05) is 18.1 Å². The van der Waals surface area contributed by atoms with Crippen LogP contribution in [0.25, 0.3) is 0 Å². The van der Waals surface area contributed by atoms with Gasteiger partial charge in [0.25, 0.3) is 0 Å². The molecule has 1 aliphatic heterocycles. The normalized spacial score (nSPS) is 21.1. The first kappa shape index (κ1) is 11.5. The lowest BCUT2D eigenvalue weighted by Crippen LogP contribution is -2.40. The molecule has 1 fully saturated rings.